The van der Waals surface area contributed by atoms with Gasteiger partial charge in [0, 0.05) is 44.8 Å². The number of benzene rings is 2. The largest absolute Gasteiger partial charge is 0.487 e. The molecule has 2 amide bonds. The van der Waals surface area contributed by atoms with Gasteiger partial charge in [-0.2, -0.15) is 0 Å². The monoisotopic (exact) mass is 422 g/mol. The minimum absolute atomic E-state index is 0.0898. The Balaban J connectivity index is 1.41. The third kappa shape index (κ3) is 3.69. The minimum atomic E-state index is -0.395. The lowest BCUT2D eigenvalue weighted by Gasteiger charge is -2.46. The molecular formula is C24H26N2O5. The molecule has 5 rings (SSSR count). The molecule has 0 radical (unpaired) electrons. The molecule has 2 aromatic rings. The van der Waals surface area contributed by atoms with E-state index in [0.717, 1.165) is 24.2 Å². The number of piperidine rings is 1. The van der Waals surface area contributed by atoms with Crippen LogP contribution in [0.3, 0.4) is 0 Å². The van der Waals surface area contributed by atoms with E-state index in [0.29, 0.717) is 49.8 Å². The number of rotatable bonds is 2. The number of amides is 2. The number of nitrogens with zero attached hydrogens (tertiary/aromatic N) is 1. The van der Waals surface area contributed by atoms with E-state index in [1.807, 2.05) is 35.2 Å². The predicted octanol–water partition coefficient (Wildman–Crippen LogP) is 3.09. The SMILES string of the molecule is CC(=O)N1CCC2(CC1)CC(NC(=O)c1cccc3c1OCCO3)c1ccccc1O2. The highest BCUT2D eigenvalue weighted by Crippen LogP contribution is 2.44. The number of carbonyl (C=O) groups excluding carboxylic acids is 2. The van der Waals surface area contributed by atoms with E-state index in [9.17, 15) is 9.59 Å². The zero-order valence-electron chi connectivity index (χ0n) is 17.6. The van der Waals surface area contributed by atoms with Crippen molar-refractivity contribution in [2.24, 2.45) is 0 Å². The van der Waals surface area contributed by atoms with Crippen LogP contribution in [0.15, 0.2) is 42.5 Å². The molecule has 3 aliphatic heterocycles. The highest BCUT2D eigenvalue weighted by molar-refractivity contribution is 5.98. The van der Waals surface area contributed by atoms with Crippen LogP contribution >= 0.6 is 0 Å². The molecule has 0 aromatic heterocycles. The first-order chi connectivity index (χ1) is 15.0. The van der Waals surface area contributed by atoms with Gasteiger partial charge in [-0.1, -0.05) is 24.3 Å². The highest BCUT2D eigenvalue weighted by atomic mass is 16.6. The molecule has 0 aliphatic carbocycles. The third-order valence-corrected chi connectivity index (χ3v) is 6.43. The Morgan fingerprint density at radius 3 is 2.55 bits per heavy atom. The Morgan fingerprint density at radius 2 is 1.74 bits per heavy atom. The lowest BCUT2D eigenvalue weighted by Crippen LogP contribution is -2.53. The minimum Gasteiger partial charge on any atom is -0.487 e. The molecule has 3 heterocycles. The fourth-order valence-corrected chi connectivity index (χ4v) is 4.77. The molecule has 7 heteroatoms. The van der Waals surface area contributed by atoms with Crippen molar-refractivity contribution in [2.75, 3.05) is 26.3 Å². The van der Waals surface area contributed by atoms with Gasteiger partial charge in [-0.3, -0.25) is 9.59 Å². The summed E-state index contributed by atoms with van der Waals surface area (Å²) in [6.07, 6.45) is 2.14. The number of para-hydroxylation sites is 2. The van der Waals surface area contributed by atoms with Crippen molar-refractivity contribution in [3.05, 3.63) is 53.6 Å². The molecule has 0 bridgehead atoms. The van der Waals surface area contributed by atoms with Crippen LogP contribution in [-0.2, 0) is 4.79 Å². The van der Waals surface area contributed by atoms with Crippen molar-refractivity contribution in [2.45, 2.75) is 37.8 Å². The van der Waals surface area contributed by atoms with Gasteiger partial charge in [0.25, 0.3) is 5.91 Å². The maximum Gasteiger partial charge on any atom is 0.255 e. The van der Waals surface area contributed by atoms with Gasteiger partial charge in [0.1, 0.15) is 24.6 Å². The second-order valence-electron chi connectivity index (χ2n) is 8.39. The summed E-state index contributed by atoms with van der Waals surface area (Å²) in [5.41, 5.74) is 1.05. The standard InChI is InChI=1S/C24H26N2O5/c1-16(27)26-11-9-24(10-12-26)15-19(17-5-2-3-7-20(17)31-24)25-23(28)18-6-4-8-21-22(18)30-14-13-29-21/h2-8,19H,9-15H2,1H3,(H,25,28). The van der Waals surface area contributed by atoms with Gasteiger partial charge >= 0.3 is 0 Å². The summed E-state index contributed by atoms with van der Waals surface area (Å²) in [7, 11) is 0. The number of ether oxygens (including phenoxy) is 3. The van der Waals surface area contributed by atoms with Crippen LogP contribution < -0.4 is 19.5 Å². The molecular weight excluding hydrogens is 396 g/mol. The topological polar surface area (TPSA) is 77.1 Å². The smallest absolute Gasteiger partial charge is 0.255 e. The Labute approximate surface area is 181 Å². The van der Waals surface area contributed by atoms with Gasteiger partial charge in [-0.15, -0.1) is 0 Å². The van der Waals surface area contributed by atoms with Crippen LogP contribution in [0, 0.1) is 0 Å². The number of hydrogen-bond acceptors (Lipinski definition) is 5. The molecule has 7 nitrogen and oxygen atoms in total. The number of fused-ring (bicyclic) bond motifs is 2. The van der Waals surface area contributed by atoms with E-state index in [2.05, 4.69) is 5.32 Å². The van der Waals surface area contributed by atoms with Crippen LogP contribution in [0.25, 0.3) is 0 Å². The van der Waals surface area contributed by atoms with Gasteiger partial charge in [0.2, 0.25) is 5.91 Å². The van der Waals surface area contributed by atoms with Crippen LogP contribution in [-0.4, -0.2) is 48.6 Å². The quantitative estimate of drug-likeness (QED) is 0.805. The zero-order chi connectivity index (χ0) is 21.4. The van der Waals surface area contributed by atoms with Crippen molar-refractivity contribution in [1.29, 1.82) is 0 Å². The first kappa shape index (κ1) is 19.7. The zero-order valence-corrected chi connectivity index (χ0v) is 17.6. The number of likely N-dealkylation sites (tertiary alicyclic amines) is 1. The number of nitrogens with one attached hydrogen (secondary N) is 1. The molecule has 2 aromatic carbocycles. The Kier molecular flexibility index (Phi) is 4.96. The van der Waals surface area contributed by atoms with Gasteiger partial charge in [0.05, 0.1) is 11.6 Å². The maximum absolute atomic E-state index is 13.3. The van der Waals surface area contributed by atoms with E-state index >= 15 is 0 Å². The van der Waals surface area contributed by atoms with Gasteiger partial charge in [-0.25, -0.2) is 0 Å². The molecule has 1 fully saturated rings. The second-order valence-corrected chi connectivity index (χ2v) is 8.39. The Morgan fingerprint density at radius 1 is 1.00 bits per heavy atom. The van der Waals surface area contributed by atoms with Crippen molar-refractivity contribution in [3.63, 3.8) is 0 Å². The molecule has 1 N–H and O–H groups in total. The lowest BCUT2D eigenvalue weighted by molar-refractivity contribution is -0.132. The van der Waals surface area contributed by atoms with Crippen LogP contribution in [0.2, 0.25) is 0 Å². The van der Waals surface area contributed by atoms with Gasteiger partial charge in [-0.05, 0) is 18.2 Å². The Hall–Kier alpha value is -3.22. The fourth-order valence-electron chi connectivity index (χ4n) is 4.77. The predicted molar refractivity (Wildman–Crippen MR) is 114 cm³/mol. The molecule has 162 valence electrons. The average molecular weight is 422 g/mol. The third-order valence-electron chi connectivity index (χ3n) is 6.43. The molecule has 3 aliphatic rings. The molecule has 1 unspecified atom stereocenters. The molecule has 1 saturated heterocycles. The summed E-state index contributed by atoms with van der Waals surface area (Å²) in [6, 6.07) is 13.0. The maximum atomic E-state index is 13.3. The van der Waals surface area contributed by atoms with Crippen molar-refractivity contribution >= 4 is 11.8 Å². The first-order valence-corrected chi connectivity index (χ1v) is 10.8. The van der Waals surface area contributed by atoms with E-state index in [1.165, 1.54) is 0 Å². The van der Waals surface area contributed by atoms with Crippen molar-refractivity contribution < 1.29 is 23.8 Å². The van der Waals surface area contributed by atoms with E-state index in [-0.39, 0.29) is 17.9 Å². The summed E-state index contributed by atoms with van der Waals surface area (Å²) in [6.45, 7) is 3.83. The summed E-state index contributed by atoms with van der Waals surface area (Å²) in [5.74, 6) is 1.78. The molecule has 1 spiro atoms. The summed E-state index contributed by atoms with van der Waals surface area (Å²) in [4.78, 5) is 26.9. The second kappa shape index (κ2) is 7.80. The van der Waals surface area contributed by atoms with Crippen LogP contribution in [0.5, 0.6) is 17.2 Å². The van der Waals surface area contributed by atoms with E-state index < -0.39 is 5.60 Å². The molecule has 31 heavy (non-hydrogen) atoms. The van der Waals surface area contributed by atoms with Gasteiger partial charge < -0.3 is 24.4 Å². The van der Waals surface area contributed by atoms with Crippen molar-refractivity contribution in [1.82, 2.24) is 10.2 Å². The van der Waals surface area contributed by atoms with Crippen LogP contribution in [0.4, 0.5) is 0 Å². The average Bonchev–Trinajstić information content (AvgIpc) is 2.79. The normalized spacial score (nSPS) is 21.1. The van der Waals surface area contributed by atoms with Crippen LogP contribution in [0.1, 0.15) is 48.1 Å². The summed E-state index contributed by atoms with van der Waals surface area (Å²) < 4.78 is 17.8. The van der Waals surface area contributed by atoms with E-state index in [1.54, 1.807) is 19.1 Å². The first-order valence-electron chi connectivity index (χ1n) is 10.8. The fraction of sp³-hybridized carbons (Fsp3) is 0.417. The number of carbonyl (C=O) groups is 2. The summed E-state index contributed by atoms with van der Waals surface area (Å²) >= 11 is 0. The molecule has 1 atom stereocenters. The highest BCUT2D eigenvalue weighted by Gasteiger charge is 2.44. The van der Waals surface area contributed by atoms with Gasteiger partial charge in [0.15, 0.2) is 11.5 Å². The lowest BCUT2D eigenvalue weighted by atomic mass is 9.80. The number of hydrogen-bond donors (Lipinski definition) is 1. The van der Waals surface area contributed by atoms with E-state index in [4.69, 9.17) is 14.2 Å². The van der Waals surface area contributed by atoms with Crippen molar-refractivity contribution in [3.8, 4) is 17.2 Å². The molecule has 0 saturated carbocycles. The summed E-state index contributed by atoms with van der Waals surface area (Å²) in [5, 5.41) is 3.21. The Bertz CT molecular complexity index is 1010.